The molecule has 0 aliphatic carbocycles. The highest BCUT2D eigenvalue weighted by Crippen LogP contribution is 2.35. The van der Waals surface area contributed by atoms with Crippen LogP contribution in [0, 0.1) is 14.9 Å². The summed E-state index contributed by atoms with van der Waals surface area (Å²) in [4.78, 5) is 27.4. The van der Waals surface area contributed by atoms with Gasteiger partial charge in [0.2, 0.25) is 0 Å². The van der Waals surface area contributed by atoms with Gasteiger partial charge in [-0.15, -0.1) is 0 Å². The molecule has 1 aromatic carbocycles. The first-order valence-electron chi connectivity index (χ1n) is 7.59. The summed E-state index contributed by atoms with van der Waals surface area (Å²) in [6, 6.07) is 5.32. The molecule has 1 saturated heterocycles. The van der Waals surface area contributed by atoms with Crippen LogP contribution in [0.15, 0.2) is 17.7 Å². The topological polar surface area (TPSA) is 82.9 Å². The van der Waals surface area contributed by atoms with Crippen LogP contribution in [0.2, 0.25) is 0 Å². The molecule has 0 atom stereocenters. The number of carbonyl (C=O) groups excluding carboxylic acids is 2. The number of nitriles is 1. The largest absolute Gasteiger partial charge is 0.490 e. The van der Waals surface area contributed by atoms with Crippen LogP contribution >= 0.6 is 34.8 Å². The van der Waals surface area contributed by atoms with Crippen LogP contribution in [0.1, 0.15) is 12.5 Å². The second kappa shape index (κ2) is 8.46. The Morgan fingerprint density at radius 3 is 2.38 bits per heavy atom. The zero-order valence-corrected chi connectivity index (χ0v) is 17.4. The van der Waals surface area contributed by atoms with Crippen LogP contribution in [0.25, 0.3) is 6.08 Å². The number of amides is 2. The first-order chi connectivity index (χ1) is 12.3. The van der Waals surface area contributed by atoms with E-state index >= 15 is 0 Å². The Hall–Kier alpha value is -2.19. The molecule has 0 aromatic heterocycles. The minimum absolute atomic E-state index is 0.00698. The van der Waals surface area contributed by atoms with Crippen LogP contribution in [-0.2, 0) is 9.59 Å². The van der Waals surface area contributed by atoms with Crippen molar-refractivity contribution in [3.05, 3.63) is 26.8 Å². The number of hydrogen-bond acceptors (Lipinski definition) is 6. The van der Waals surface area contributed by atoms with Crippen molar-refractivity contribution in [3.63, 3.8) is 0 Å². The normalized spacial score (nSPS) is 14.4. The van der Waals surface area contributed by atoms with Crippen molar-refractivity contribution in [1.82, 2.24) is 9.80 Å². The van der Waals surface area contributed by atoms with E-state index in [0.29, 0.717) is 27.2 Å². The van der Waals surface area contributed by atoms with Gasteiger partial charge >= 0.3 is 0 Å². The summed E-state index contributed by atoms with van der Waals surface area (Å²) in [6.07, 6.45) is 1.50. The second-order valence-corrected chi connectivity index (χ2v) is 6.81. The average molecular weight is 485 g/mol. The number of carbonyl (C=O) groups is 2. The Morgan fingerprint density at radius 2 is 1.85 bits per heavy atom. The first-order valence-corrected chi connectivity index (χ1v) is 9.08. The minimum Gasteiger partial charge on any atom is -0.490 e. The van der Waals surface area contributed by atoms with E-state index in [9.17, 15) is 9.59 Å². The van der Waals surface area contributed by atoms with E-state index in [0.717, 1.165) is 0 Å². The SMILES string of the molecule is CCOc1cc(C=C2C(=O)N(C)C(=S)N(C)C2=O)cc(I)c1OCC#N. The monoisotopic (exact) mass is 485 g/mol. The molecule has 9 heteroatoms. The highest BCUT2D eigenvalue weighted by molar-refractivity contribution is 14.1. The van der Waals surface area contributed by atoms with Gasteiger partial charge in [-0.05, 0) is 65.5 Å². The van der Waals surface area contributed by atoms with Gasteiger partial charge in [0.1, 0.15) is 11.6 Å². The lowest BCUT2D eigenvalue weighted by Crippen LogP contribution is -2.52. The lowest BCUT2D eigenvalue weighted by Gasteiger charge is -2.31. The molecule has 0 unspecified atom stereocenters. The number of hydrogen-bond donors (Lipinski definition) is 0. The summed E-state index contributed by atoms with van der Waals surface area (Å²) < 4.78 is 11.7. The molecule has 1 heterocycles. The molecule has 136 valence electrons. The Kier molecular flexibility index (Phi) is 6.55. The van der Waals surface area contributed by atoms with Gasteiger partial charge in [-0.3, -0.25) is 19.4 Å². The van der Waals surface area contributed by atoms with Crippen LogP contribution in [0.4, 0.5) is 0 Å². The molecule has 1 aliphatic rings. The Morgan fingerprint density at radius 1 is 1.23 bits per heavy atom. The summed E-state index contributed by atoms with van der Waals surface area (Å²) in [6.45, 7) is 2.11. The summed E-state index contributed by atoms with van der Waals surface area (Å²) in [5.41, 5.74) is 0.612. The molecule has 26 heavy (non-hydrogen) atoms. The molecule has 0 saturated carbocycles. The van der Waals surface area contributed by atoms with Crippen LogP contribution < -0.4 is 9.47 Å². The molecule has 0 N–H and O–H groups in total. The van der Waals surface area contributed by atoms with Crippen molar-refractivity contribution in [3.8, 4) is 17.6 Å². The van der Waals surface area contributed by atoms with Crippen molar-refractivity contribution >= 4 is 57.8 Å². The second-order valence-electron chi connectivity index (χ2n) is 5.28. The fourth-order valence-electron chi connectivity index (χ4n) is 2.32. The smallest absolute Gasteiger partial charge is 0.265 e. The number of thiocarbonyl (C=S) groups is 1. The van der Waals surface area contributed by atoms with Gasteiger partial charge in [-0.25, -0.2) is 0 Å². The third-order valence-corrected chi connectivity index (χ3v) is 4.92. The Bertz CT molecular complexity index is 821. The molecule has 1 aliphatic heterocycles. The van der Waals surface area contributed by atoms with Gasteiger partial charge < -0.3 is 9.47 Å². The maximum absolute atomic E-state index is 12.4. The van der Waals surface area contributed by atoms with E-state index in [4.69, 9.17) is 27.0 Å². The summed E-state index contributed by atoms with van der Waals surface area (Å²) in [7, 11) is 3.05. The van der Waals surface area contributed by atoms with Gasteiger partial charge in [-0.1, -0.05) is 0 Å². The number of nitrogens with zero attached hydrogens (tertiary/aromatic N) is 3. The van der Waals surface area contributed by atoms with E-state index in [1.54, 1.807) is 12.1 Å². The first kappa shape index (κ1) is 20.1. The molecule has 7 nitrogen and oxygen atoms in total. The quantitative estimate of drug-likeness (QED) is 0.275. The molecule has 2 amide bonds. The van der Waals surface area contributed by atoms with E-state index in [2.05, 4.69) is 22.6 Å². The summed E-state index contributed by atoms with van der Waals surface area (Å²) >= 11 is 7.13. The van der Waals surface area contributed by atoms with Crippen molar-refractivity contribution in [1.29, 1.82) is 5.26 Å². The minimum atomic E-state index is -0.462. The van der Waals surface area contributed by atoms with Crippen LogP contribution in [0.3, 0.4) is 0 Å². The van der Waals surface area contributed by atoms with Crippen LogP contribution in [-0.4, -0.2) is 54.0 Å². The van der Waals surface area contributed by atoms with Crippen molar-refractivity contribution in [2.24, 2.45) is 0 Å². The number of likely N-dealkylation sites (N-methyl/N-ethyl adjacent to an activating group) is 2. The van der Waals surface area contributed by atoms with Gasteiger partial charge in [0, 0.05) is 14.1 Å². The molecule has 0 spiro atoms. The lowest BCUT2D eigenvalue weighted by atomic mass is 10.1. The van der Waals surface area contributed by atoms with Gasteiger partial charge in [0.05, 0.1) is 10.2 Å². The van der Waals surface area contributed by atoms with E-state index in [-0.39, 0.29) is 17.3 Å². The lowest BCUT2D eigenvalue weighted by molar-refractivity contribution is -0.132. The third-order valence-electron chi connectivity index (χ3n) is 3.57. The molecule has 0 radical (unpaired) electrons. The zero-order valence-electron chi connectivity index (χ0n) is 14.4. The molecule has 1 aromatic rings. The maximum Gasteiger partial charge on any atom is 0.265 e. The van der Waals surface area contributed by atoms with Gasteiger partial charge in [0.15, 0.2) is 23.2 Å². The number of ether oxygens (including phenoxy) is 2. The predicted octanol–water partition coefficient (Wildman–Crippen LogP) is 2.19. The highest BCUT2D eigenvalue weighted by Gasteiger charge is 2.35. The van der Waals surface area contributed by atoms with Crippen LogP contribution in [0.5, 0.6) is 11.5 Å². The molecular formula is C17H16IN3O4S. The standard InChI is InChI=1S/C17H16IN3O4S/c1-4-24-13-9-10(8-12(18)14(13)25-6-5-19)7-11-15(22)20(2)17(26)21(3)16(11)23/h7-9H,4,6H2,1-3H3. The number of benzene rings is 1. The maximum atomic E-state index is 12.4. The van der Waals surface area contributed by atoms with Crippen molar-refractivity contribution in [2.45, 2.75) is 6.92 Å². The van der Waals surface area contributed by atoms with Crippen molar-refractivity contribution < 1.29 is 19.1 Å². The summed E-state index contributed by atoms with van der Waals surface area (Å²) in [5.74, 6) is -0.0333. The summed E-state index contributed by atoms with van der Waals surface area (Å²) in [5, 5.41) is 8.87. The zero-order chi connectivity index (χ0) is 19.4. The predicted molar refractivity (Wildman–Crippen MR) is 108 cm³/mol. The molecule has 0 bridgehead atoms. The average Bonchev–Trinajstić information content (AvgIpc) is 2.61. The molecule has 1 fully saturated rings. The highest BCUT2D eigenvalue weighted by atomic mass is 127. The fraction of sp³-hybridized carbons (Fsp3) is 0.294. The van der Waals surface area contributed by atoms with E-state index in [1.807, 2.05) is 13.0 Å². The van der Waals surface area contributed by atoms with E-state index < -0.39 is 11.8 Å². The third kappa shape index (κ3) is 3.96. The Labute approximate surface area is 170 Å². The molecule has 2 rings (SSSR count). The van der Waals surface area contributed by atoms with Gasteiger partial charge in [0.25, 0.3) is 11.8 Å². The molecular weight excluding hydrogens is 469 g/mol. The fourth-order valence-corrected chi connectivity index (χ4v) is 3.27. The Balaban J connectivity index is 2.49. The number of halogens is 1. The van der Waals surface area contributed by atoms with Gasteiger partial charge in [-0.2, -0.15) is 5.26 Å². The number of rotatable bonds is 5. The van der Waals surface area contributed by atoms with Crippen molar-refractivity contribution in [2.75, 3.05) is 27.3 Å². The van der Waals surface area contributed by atoms with E-state index in [1.165, 1.54) is 30.0 Å².